The number of carboxylic acid groups (broad SMARTS) is 2. The highest BCUT2D eigenvalue weighted by molar-refractivity contribution is 5.98. The Balaban J connectivity index is 2.00. The number of hydrogen-bond acceptors (Lipinski definition) is 9. The van der Waals surface area contributed by atoms with Crippen molar-refractivity contribution in [3.8, 4) is 0 Å². The number of carbonyl (C=O) groups is 8. The van der Waals surface area contributed by atoms with Gasteiger partial charge in [0.1, 0.15) is 24.2 Å². The number of benzene rings is 2. The number of carboxylic acids is 2. The van der Waals surface area contributed by atoms with E-state index in [0.717, 1.165) is 0 Å². The summed E-state index contributed by atoms with van der Waals surface area (Å²) in [6.07, 6.45) is -1.28. The Morgan fingerprint density at radius 2 is 1.40 bits per heavy atom. The van der Waals surface area contributed by atoms with Crippen LogP contribution in [0.3, 0.4) is 0 Å². The number of nitrogens with one attached hydrogen (secondary N) is 6. The van der Waals surface area contributed by atoms with E-state index in [2.05, 4.69) is 36.9 Å². The number of nitrogens with two attached hydrogens (primary N) is 2. The molecular formula is C34H43N9O10. The van der Waals surface area contributed by atoms with Crippen molar-refractivity contribution < 1.29 is 48.6 Å². The van der Waals surface area contributed by atoms with Crippen LogP contribution in [-0.2, 0) is 51.3 Å². The van der Waals surface area contributed by atoms with Crippen molar-refractivity contribution >= 4 is 53.3 Å². The zero-order chi connectivity index (χ0) is 38.9. The van der Waals surface area contributed by atoms with E-state index in [0.29, 0.717) is 11.1 Å². The van der Waals surface area contributed by atoms with Gasteiger partial charge in [-0.2, -0.15) is 0 Å². The molecule has 3 rings (SSSR count). The van der Waals surface area contributed by atoms with Gasteiger partial charge in [-0.1, -0.05) is 54.6 Å². The molecule has 19 nitrogen and oxygen atoms in total. The fourth-order valence-corrected chi connectivity index (χ4v) is 5.16. The monoisotopic (exact) mass is 737 g/mol. The summed E-state index contributed by atoms with van der Waals surface area (Å²) < 4.78 is 0. The summed E-state index contributed by atoms with van der Waals surface area (Å²) in [7, 11) is 0. The molecule has 1 aliphatic rings. The number of amides is 6. The summed E-state index contributed by atoms with van der Waals surface area (Å²) in [6, 6.07) is 8.97. The van der Waals surface area contributed by atoms with E-state index < -0.39 is 84.5 Å². The van der Waals surface area contributed by atoms with Gasteiger partial charge in [-0.05, 0) is 29.5 Å². The van der Waals surface area contributed by atoms with Gasteiger partial charge in [-0.15, -0.1) is 0 Å². The Morgan fingerprint density at radius 1 is 0.736 bits per heavy atom. The molecule has 0 aliphatic carbocycles. The van der Waals surface area contributed by atoms with Crippen LogP contribution in [0.5, 0.6) is 0 Å². The fraction of sp³-hybridized carbons (Fsp3) is 0.382. The lowest BCUT2D eigenvalue weighted by molar-refractivity contribution is -0.141. The highest BCUT2D eigenvalue weighted by Gasteiger charge is 2.33. The summed E-state index contributed by atoms with van der Waals surface area (Å²) in [5.74, 6) is -7.58. The van der Waals surface area contributed by atoms with Crippen molar-refractivity contribution in [3.05, 3.63) is 71.3 Å². The molecule has 0 spiro atoms. The second-order valence-corrected chi connectivity index (χ2v) is 12.1. The fourth-order valence-electron chi connectivity index (χ4n) is 5.16. The number of nitrogens with zero attached hydrogens (tertiary/aromatic N) is 1. The standard InChI is InChI=1S/C34H43N9O10/c35-34(36)37-14-4-7-22-30(50)39-18-26(45)40-24(16-28(48)49)31(51)42-23(15-19-5-2-1-3-6-19)32(52)43-29(33(53)41-22)21-10-8-20(9-11-21)17-38-25(44)12-13-27(46)47/h1-3,5-6,8-11,22-24,29H,4,7,12-18H2,(H,38,44)(H,39,50)(H,40,45)(H,41,53)(H,42,51)(H,43,52)(H,46,47)(H,48,49)(H4,35,36,37)/t22-,23+,24-,29-/m0/s1. The van der Waals surface area contributed by atoms with E-state index in [4.69, 9.17) is 16.6 Å². The molecule has 0 saturated carbocycles. The van der Waals surface area contributed by atoms with Gasteiger partial charge >= 0.3 is 11.9 Å². The Hall–Kier alpha value is -6.53. The Kier molecular flexibility index (Phi) is 15.7. The molecule has 2 aromatic carbocycles. The topological polar surface area (TPSA) is 314 Å². The van der Waals surface area contributed by atoms with E-state index in [1.165, 1.54) is 12.1 Å². The van der Waals surface area contributed by atoms with Gasteiger partial charge in [-0.3, -0.25) is 43.3 Å². The lowest BCUT2D eigenvalue weighted by atomic mass is 10.0. The maximum Gasteiger partial charge on any atom is 0.305 e. The molecular weight excluding hydrogens is 694 g/mol. The lowest BCUT2D eigenvalue weighted by Crippen LogP contribution is -2.56. The van der Waals surface area contributed by atoms with Crippen LogP contribution in [0.25, 0.3) is 0 Å². The summed E-state index contributed by atoms with van der Waals surface area (Å²) in [4.78, 5) is 106. The van der Waals surface area contributed by atoms with Gasteiger partial charge in [-0.25, -0.2) is 0 Å². The molecule has 6 amide bonds. The molecule has 1 heterocycles. The molecule has 0 radical (unpaired) electrons. The van der Waals surface area contributed by atoms with E-state index >= 15 is 0 Å². The molecule has 19 heteroatoms. The van der Waals surface area contributed by atoms with E-state index in [-0.39, 0.29) is 56.7 Å². The molecule has 0 bridgehead atoms. The maximum atomic E-state index is 14.0. The van der Waals surface area contributed by atoms with Crippen LogP contribution >= 0.6 is 0 Å². The zero-order valence-electron chi connectivity index (χ0n) is 28.6. The number of aliphatic carboxylic acids is 2. The normalized spacial score (nSPS) is 19.8. The minimum absolute atomic E-state index is 0.00450. The van der Waals surface area contributed by atoms with Crippen molar-refractivity contribution in [2.24, 2.45) is 16.5 Å². The van der Waals surface area contributed by atoms with E-state index in [1.807, 2.05) is 0 Å². The first-order valence-electron chi connectivity index (χ1n) is 16.6. The summed E-state index contributed by atoms with van der Waals surface area (Å²) >= 11 is 0. The number of hydrogen-bond donors (Lipinski definition) is 10. The smallest absolute Gasteiger partial charge is 0.305 e. The van der Waals surface area contributed by atoms with Crippen LogP contribution in [0, 0.1) is 0 Å². The lowest BCUT2D eigenvalue weighted by Gasteiger charge is -2.26. The van der Waals surface area contributed by atoms with Crippen molar-refractivity contribution in [1.82, 2.24) is 31.9 Å². The van der Waals surface area contributed by atoms with E-state index in [1.54, 1.807) is 42.5 Å². The quantitative estimate of drug-likeness (QED) is 0.0555. The number of guanidine groups is 1. The molecule has 4 atom stereocenters. The number of carbonyl (C=O) groups excluding carboxylic acids is 6. The van der Waals surface area contributed by atoms with Gasteiger partial charge in [0, 0.05) is 25.9 Å². The third-order valence-electron chi connectivity index (χ3n) is 7.86. The van der Waals surface area contributed by atoms with Gasteiger partial charge in [0.2, 0.25) is 35.4 Å². The second kappa shape index (κ2) is 20.4. The second-order valence-electron chi connectivity index (χ2n) is 12.1. The number of aliphatic imine (C=N–C) groups is 1. The first kappa shape index (κ1) is 40.9. The van der Waals surface area contributed by atoms with Gasteiger partial charge < -0.3 is 53.6 Å². The molecule has 284 valence electrons. The maximum absolute atomic E-state index is 14.0. The molecule has 1 aliphatic heterocycles. The van der Waals surface area contributed by atoms with Crippen LogP contribution in [-0.4, -0.2) is 94.8 Å². The largest absolute Gasteiger partial charge is 0.481 e. The van der Waals surface area contributed by atoms with Crippen LogP contribution in [0.2, 0.25) is 0 Å². The molecule has 12 N–H and O–H groups in total. The van der Waals surface area contributed by atoms with Crippen LogP contribution < -0.4 is 43.4 Å². The van der Waals surface area contributed by atoms with Gasteiger partial charge in [0.25, 0.3) is 0 Å². The van der Waals surface area contributed by atoms with Crippen molar-refractivity contribution in [2.45, 2.75) is 69.2 Å². The van der Waals surface area contributed by atoms with Crippen LogP contribution in [0.4, 0.5) is 0 Å². The van der Waals surface area contributed by atoms with Crippen molar-refractivity contribution in [2.75, 3.05) is 13.1 Å². The molecule has 2 aromatic rings. The summed E-state index contributed by atoms with van der Waals surface area (Å²) in [6.45, 7) is -0.539. The predicted molar refractivity (Wildman–Crippen MR) is 187 cm³/mol. The minimum atomic E-state index is -1.63. The van der Waals surface area contributed by atoms with Crippen molar-refractivity contribution in [3.63, 3.8) is 0 Å². The van der Waals surface area contributed by atoms with Gasteiger partial charge in [0.05, 0.1) is 19.4 Å². The van der Waals surface area contributed by atoms with Crippen LogP contribution in [0.1, 0.15) is 54.8 Å². The molecule has 1 fully saturated rings. The Bertz CT molecular complexity index is 1680. The SMILES string of the molecule is NC(N)=NCCC[C@@H]1NC(=O)[C@H](c2ccc(CNC(=O)CCC(=O)O)cc2)NC(=O)[C@@H](Cc2ccccc2)NC(=O)[C@H](CC(=O)O)NC(=O)CNC1=O. The predicted octanol–water partition coefficient (Wildman–Crippen LogP) is -2.32. The van der Waals surface area contributed by atoms with Crippen molar-refractivity contribution in [1.29, 1.82) is 0 Å². The highest BCUT2D eigenvalue weighted by atomic mass is 16.4. The third-order valence-corrected chi connectivity index (χ3v) is 7.86. The third kappa shape index (κ3) is 14.3. The molecule has 53 heavy (non-hydrogen) atoms. The Labute approximate surface area is 303 Å². The molecule has 0 aromatic heterocycles. The number of rotatable bonds is 14. The van der Waals surface area contributed by atoms with Gasteiger partial charge in [0.15, 0.2) is 5.96 Å². The zero-order valence-corrected chi connectivity index (χ0v) is 28.6. The Morgan fingerprint density at radius 3 is 2.04 bits per heavy atom. The minimum Gasteiger partial charge on any atom is -0.481 e. The first-order valence-corrected chi connectivity index (χ1v) is 16.6. The average molecular weight is 738 g/mol. The first-order chi connectivity index (χ1) is 25.2. The average Bonchev–Trinajstić information content (AvgIpc) is 3.11. The summed E-state index contributed by atoms with van der Waals surface area (Å²) in [5, 5.41) is 33.3. The molecule has 1 saturated heterocycles. The molecule has 0 unspecified atom stereocenters. The highest BCUT2D eigenvalue weighted by Crippen LogP contribution is 2.17. The van der Waals surface area contributed by atoms with E-state index in [9.17, 15) is 43.5 Å². The summed E-state index contributed by atoms with van der Waals surface area (Å²) in [5.41, 5.74) is 12.2. The van der Waals surface area contributed by atoms with Crippen LogP contribution in [0.15, 0.2) is 59.6 Å².